The van der Waals surface area contributed by atoms with E-state index in [1.165, 1.54) is 12.1 Å². The van der Waals surface area contributed by atoms with Crippen LogP contribution in [0.25, 0.3) is 10.9 Å². The highest BCUT2D eigenvalue weighted by Crippen LogP contribution is 2.39. The van der Waals surface area contributed by atoms with Crippen LogP contribution in [-0.2, 0) is 28.7 Å². The van der Waals surface area contributed by atoms with E-state index in [0.29, 0.717) is 31.8 Å². The maximum atomic E-state index is 14.4. The molecule has 6 heteroatoms. The van der Waals surface area contributed by atoms with E-state index in [1.54, 1.807) is 30.9 Å². The van der Waals surface area contributed by atoms with E-state index in [1.807, 2.05) is 31.2 Å². The van der Waals surface area contributed by atoms with Crippen molar-refractivity contribution in [3.8, 4) is 5.75 Å². The molecule has 0 amide bonds. The van der Waals surface area contributed by atoms with Crippen LogP contribution in [0.5, 0.6) is 5.75 Å². The molecule has 4 rings (SSSR count). The molecular weight excluding hydrogens is 385 g/mol. The van der Waals surface area contributed by atoms with Gasteiger partial charge in [-0.25, -0.2) is 4.39 Å². The van der Waals surface area contributed by atoms with E-state index in [4.69, 9.17) is 14.2 Å². The molecule has 1 aromatic heterocycles. The predicted molar refractivity (Wildman–Crippen MR) is 113 cm³/mol. The van der Waals surface area contributed by atoms with Crippen molar-refractivity contribution < 1.29 is 18.6 Å². The van der Waals surface area contributed by atoms with Crippen LogP contribution in [0.4, 0.5) is 4.39 Å². The monoisotopic (exact) mass is 411 g/mol. The van der Waals surface area contributed by atoms with Crippen LogP contribution in [0.1, 0.15) is 30.9 Å². The Morgan fingerprint density at radius 2 is 2.03 bits per heavy atom. The molecule has 2 heterocycles. The van der Waals surface area contributed by atoms with Crippen molar-refractivity contribution >= 4 is 10.9 Å². The molecule has 0 radical (unpaired) electrons. The highest BCUT2D eigenvalue weighted by molar-refractivity contribution is 5.79. The predicted octanol–water partition coefficient (Wildman–Crippen LogP) is 4.30. The molecule has 1 saturated heterocycles. The SMILES string of the molecule is CO[C@@]1(c2cc(F)cc(OCc3ccc4c(ccc(=O)n4C)c3)c2)CCO[C@@H](C)C1. The number of methoxy groups -OCH3 is 1. The summed E-state index contributed by atoms with van der Waals surface area (Å²) in [5.74, 6) is 0.104. The highest BCUT2D eigenvalue weighted by Gasteiger charge is 2.38. The van der Waals surface area contributed by atoms with Gasteiger partial charge in [0.25, 0.3) is 5.56 Å². The number of benzene rings is 2. The molecule has 0 spiro atoms. The minimum Gasteiger partial charge on any atom is -0.489 e. The molecule has 2 aromatic carbocycles. The summed E-state index contributed by atoms with van der Waals surface area (Å²) in [5.41, 5.74) is 1.94. The molecule has 0 N–H and O–H groups in total. The maximum Gasteiger partial charge on any atom is 0.250 e. The lowest BCUT2D eigenvalue weighted by molar-refractivity contribution is -0.122. The number of aryl methyl sites for hydroxylation is 1. The summed E-state index contributed by atoms with van der Waals surface area (Å²) in [6.45, 7) is 2.86. The zero-order valence-electron chi connectivity index (χ0n) is 17.5. The lowest BCUT2D eigenvalue weighted by Crippen LogP contribution is -2.39. The summed E-state index contributed by atoms with van der Waals surface area (Å²) in [7, 11) is 3.41. The second-order valence-electron chi connectivity index (χ2n) is 7.92. The van der Waals surface area contributed by atoms with Crippen molar-refractivity contribution in [1.82, 2.24) is 4.57 Å². The first-order valence-corrected chi connectivity index (χ1v) is 10.1. The Morgan fingerprint density at radius 1 is 1.20 bits per heavy atom. The number of hydrogen-bond donors (Lipinski definition) is 0. The molecule has 0 saturated carbocycles. The quantitative estimate of drug-likeness (QED) is 0.628. The van der Waals surface area contributed by atoms with Crippen LogP contribution >= 0.6 is 0 Å². The fourth-order valence-electron chi connectivity index (χ4n) is 4.22. The van der Waals surface area contributed by atoms with E-state index < -0.39 is 5.60 Å². The van der Waals surface area contributed by atoms with Gasteiger partial charge in [-0.1, -0.05) is 6.07 Å². The van der Waals surface area contributed by atoms with Crippen molar-refractivity contribution in [3.05, 3.63) is 75.8 Å². The molecule has 3 aromatic rings. The van der Waals surface area contributed by atoms with Crippen molar-refractivity contribution in [2.24, 2.45) is 7.05 Å². The van der Waals surface area contributed by atoms with Gasteiger partial charge in [0.15, 0.2) is 0 Å². The van der Waals surface area contributed by atoms with Crippen LogP contribution < -0.4 is 10.3 Å². The summed E-state index contributed by atoms with van der Waals surface area (Å²) in [5, 5.41) is 0.952. The third-order valence-electron chi connectivity index (χ3n) is 5.91. The molecule has 1 aliphatic rings. The van der Waals surface area contributed by atoms with Crippen molar-refractivity contribution in [2.45, 2.75) is 38.1 Å². The minimum absolute atomic E-state index is 0.0416. The van der Waals surface area contributed by atoms with E-state index in [2.05, 4.69) is 0 Å². The molecule has 1 aliphatic heterocycles. The second kappa shape index (κ2) is 8.20. The van der Waals surface area contributed by atoms with Crippen molar-refractivity contribution in [2.75, 3.05) is 13.7 Å². The first-order chi connectivity index (χ1) is 14.4. The van der Waals surface area contributed by atoms with Gasteiger partial charge < -0.3 is 18.8 Å². The van der Waals surface area contributed by atoms with Crippen LogP contribution in [0.3, 0.4) is 0 Å². The Balaban J connectivity index is 1.57. The smallest absolute Gasteiger partial charge is 0.250 e. The van der Waals surface area contributed by atoms with Crippen molar-refractivity contribution in [3.63, 3.8) is 0 Å². The van der Waals surface area contributed by atoms with Gasteiger partial charge in [-0.05, 0) is 53.8 Å². The number of fused-ring (bicyclic) bond motifs is 1. The van der Waals surface area contributed by atoms with Gasteiger partial charge in [0, 0.05) is 39.1 Å². The number of halogens is 1. The first-order valence-electron chi connectivity index (χ1n) is 10.1. The molecule has 5 nitrogen and oxygen atoms in total. The van der Waals surface area contributed by atoms with Gasteiger partial charge in [-0.15, -0.1) is 0 Å². The fraction of sp³-hybridized carbons (Fsp3) is 0.375. The van der Waals surface area contributed by atoms with Gasteiger partial charge >= 0.3 is 0 Å². The molecule has 1 fully saturated rings. The van der Waals surface area contributed by atoms with E-state index in [0.717, 1.165) is 22.0 Å². The third-order valence-corrected chi connectivity index (χ3v) is 5.91. The number of ether oxygens (including phenoxy) is 3. The number of pyridine rings is 1. The van der Waals surface area contributed by atoms with Gasteiger partial charge in [0.05, 0.1) is 23.8 Å². The van der Waals surface area contributed by atoms with E-state index in [9.17, 15) is 9.18 Å². The third kappa shape index (κ3) is 3.98. The van der Waals surface area contributed by atoms with Crippen LogP contribution in [0, 0.1) is 5.82 Å². The zero-order valence-corrected chi connectivity index (χ0v) is 17.5. The molecule has 30 heavy (non-hydrogen) atoms. The number of aromatic nitrogens is 1. The number of rotatable bonds is 5. The summed E-state index contributed by atoms with van der Waals surface area (Å²) in [6.07, 6.45) is 1.37. The Morgan fingerprint density at radius 3 is 2.80 bits per heavy atom. The highest BCUT2D eigenvalue weighted by atomic mass is 19.1. The van der Waals surface area contributed by atoms with Crippen LogP contribution in [-0.4, -0.2) is 24.4 Å². The summed E-state index contributed by atoms with van der Waals surface area (Å²) < 4.78 is 33.4. The Kier molecular flexibility index (Phi) is 5.62. The Bertz CT molecular complexity index is 1130. The maximum absolute atomic E-state index is 14.4. The van der Waals surface area contributed by atoms with Crippen LogP contribution in [0.15, 0.2) is 53.3 Å². The lowest BCUT2D eigenvalue weighted by atomic mass is 9.83. The normalized spacial score (nSPS) is 21.7. The summed E-state index contributed by atoms with van der Waals surface area (Å²) in [4.78, 5) is 11.8. The molecular formula is C24H26FNO4. The first kappa shape index (κ1) is 20.6. The molecule has 0 bridgehead atoms. The summed E-state index contributed by atoms with van der Waals surface area (Å²) >= 11 is 0. The van der Waals surface area contributed by atoms with E-state index >= 15 is 0 Å². The van der Waals surface area contributed by atoms with Gasteiger partial charge in [0.2, 0.25) is 0 Å². The van der Waals surface area contributed by atoms with E-state index in [-0.39, 0.29) is 17.5 Å². The molecule has 158 valence electrons. The average Bonchev–Trinajstić information content (AvgIpc) is 2.74. The van der Waals surface area contributed by atoms with Crippen LogP contribution in [0.2, 0.25) is 0 Å². The zero-order chi connectivity index (χ0) is 21.3. The van der Waals surface area contributed by atoms with Gasteiger partial charge in [-0.2, -0.15) is 0 Å². The molecule has 0 aliphatic carbocycles. The Hall–Kier alpha value is -2.70. The average molecular weight is 411 g/mol. The second-order valence-corrected chi connectivity index (χ2v) is 7.92. The Labute approximate surface area is 175 Å². The van der Waals surface area contributed by atoms with Gasteiger partial charge in [-0.3, -0.25) is 4.79 Å². The topological polar surface area (TPSA) is 49.7 Å². The molecule has 2 atom stereocenters. The van der Waals surface area contributed by atoms with Gasteiger partial charge in [0.1, 0.15) is 18.2 Å². The fourth-order valence-corrected chi connectivity index (χ4v) is 4.22. The minimum atomic E-state index is -0.578. The molecule has 0 unspecified atom stereocenters. The van der Waals surface area contributed by atoms with Crippen molar-refractivity contribution in [1.29, 1.82) is 0 Å². The number of hydrogen-bond acceptors (Lipinski definition) is 4. The number of nitrogens with zero attached hydrogens (tertiary/aromatic N) is 1. The summed E-state index contributed by atoms with van der Waals surface area (Å²) in [6, 6.07) is 13.9. The largest absolute Gasteiger partial charge is 0.489 e. The standard InChI is InChI=1S/C24H26FNO4/c1-16-14-24(28-3,8-9-29-16)19-11-20(25)13-21(12-19)30-15-17-4-6-22-18(10-17)5-7-23(27)26(22)2/h4-7,10-13,16H,8-9,14-15H2,1-3H3/t16-,24-/m0/s1. The lowest BCUT2D eigenvalue weighted by Gasteiger charge is -2.39.